The van der Waals surface area contributed by atoms with E-state index in [0.29, 0.717) is 18.2 Å². The molecule has 98 valence electrons. The zero-order valence-electron chi connectivity index (χ0n) is 10.9. The van der Waals surface area contributed by atoms with Crippen LogP contribution in [0, 0.1) is 0 Å². The third-order valence-electron chi connectivity index (χ3n) is 2.38. The van der Waals surface area contributed by atoms with Crippen LogP contribution in [0.15, 0.2) is 10.6 Å². The van der Waals surface area contributed by atoms with Crippen LogP contribution in [0.25, 0.3) is 0 Å². The molecule has 1 rings (SSSR count). The minimum atomic E-state index is -3.14. The molecule has 0 aromatic carbocycles. The molecule has 1 N–H and O–H groups in total. The molecule has 0 aliphatic rings. The molecule has 17 heavy (non-hydrogen) atoms. The van der Waals surface area contributed by atoms with Gasteiger partial charge in [0.2, 0.25) is 5.89 Å². The largest absolute Gasteiger partial charge is 0.443 e. The molecule has 1 aromatic rings. The SMILES string of the molecule is CC(c1cnc(CNC(C)(C)C)o1)S(C)(=O)=O. The van der Waals surface area contributed by atoms with E-state index in [4.69, 9.17) is 4.42 Å². The van der Waals surface area contributed by atoms with E-state index in [0.717, 1.165) is 0 Å². The summed E-state index contributed by atoms with van der Waals surface area (Å²) in [6, 6.07) is 0. The van der Waals surface area contributed by atoms with Gasteiger partial charge in [0, 0.05) is 11.8 Å². The molecule has 0 radical (unpaired) electrons. The van der Waals surface area contributed by atoms with Crippen LogP contribution < -0.4 is 5.32 Å². The average Bonchev–Trinajstić information content (AvgIpc) is 2.59. The lowest BCUT2D eigenvalue weighted by molar-refractivity contribution is 0.371. The average molecular weight is 260 g/mol. The van der Waals surface area contributed by atoms with Gasteiger partial charge in [0.1, 0.15) is 11.0 Å². The van der Waals surface area contributed by atoms with Crippen LogP contribution in [0.3, 0.4) is 0 Å². The number of hydrogen-bond acceptors (Lipinski definition) is 5. The van der Waals surface area contributed by atoms with E-state index in [1.807, 2.05) is 20.8 Å². The van der Waals surface area contributed by atoms with Crippen LogP contribution in [0.2, 0.25) is 0 Å². The highest BCUT2D eigenvalue weighted by Gasteiger charge is 2.21. The zero-order valence-corrected chi connectivity index (χ0v) is 11.8. The van der Waals surface area contributed by atoms with Gasteiger partial charge in [0.05, 0.1) is 12.7 Å². The molecular weight excluding hydrogens is 240 g/mol. The molecule has 0 aliphatic heterocycles. The highest BCUT2D eigenvalue weighted by molar-refractivity contribution is 7.90. The van der Waals surface area contributed by atoms with Gasteiger partial charge in [0.15, 0.2) is 9.84 Å². The monoisotopic (exact) mass is 260 g/mol. The van der Waals surface area contributed by atoms with Crippen LogP contribution in [-0.2, 0) is 16.4 Å². The Morgan fingerprint density at radius 2 is 2.06 bits per heavy atom. The molecule has 0 saturated heterocycles. The number of aromatic nitrogens is 1. The second kappa shape index (κ2) is 4.78. The lowest BCUT2D eigenvalue weighted by Gasteiger charge is -2.18. The third-order valence-corrected chi connectivity index (χ3v) is 3.90. The van der Waals surface area contributed by atoms with Gasteiger partial charge in [-0.15, -0.1) is 0 Å². The minimum absolute atomic E-state index is 0.0307. The fourth-order valence-electron chi connectivity index (χ4n) is 1.15. The number of nitrogens with one attached hydrogen (secondary N) is 1. The first-order valence-electron chi connectivity index (χ1n) is 5.48. The molecule has 1 unspecified atom stereocenters. The summed E-state index contributed by atoms with van der Waals surface area (Å²) in [6.45, 7) is 8.19. The topological polar surface area (TPSA) is 72.2 Å². The molecule has 0 fully saturated rings. The first-order valence-corrected chi connectivity index (χ1v) is 7.43. The standard InChI is InChI=1S/C11H20N2O3S/c1-8(17(5,14)15)9-6-12-10(16-9)7-13-11(2,3)4/h6,8,13H,7H2,1-5H3. The van der Waals surface area contributed by atoms with E-state index in [1.54, 1.807) is 6.92 Å². The first kappa shape index (κ1) is 14.2. The van der Waals surface area contributed by atoms with Crippen LogP contribution in [0.4, 0.5) is 0 Å². The van der Waals surface area contributed by atoms with Gasteiger partial charge < -0.3 is 9.73 Å². The highest BCUT2D eigenvalue weighted by Crippen LogP contribution is 2.21. The number of sulfone groups is 1. The quantitative estimate of drug-likeness (QED) is 0.891. The maximum Gasteiger partial charge on any atom is 0.208 e. The molecule has 0 aliphatic carbocycles. The zero-order chi connectivity index (χ0) is 13.3. The Kier molecular flexibility index (Phi) is 3.99. The minimum Gasteiger partial charge on any atom is -0.443 e. The van der Waals surface area contributed by atoms with Gasteiger partial charge in [-0.2, -0.15) is 0 Å². The smallest absolute Gasteiger partial charge is 0.208 e. The summed E-state index contributed by atoms with van der Waals surface area (Å²) in [4.78, 5) is 4.06. The molecule has 1 heterocycles. The van der Waals surface area contributed by atoms with Gasteiger partial charge in [-0.25, -0.2) is 13.4 Å². The highest BCUT2D eigenvalue weighted by atomic mass is 32.2. The Labute approximate surface area is 103 Å². The first-order chi connectivity index (χ1) is 7.59. The molecule has 1 atom stereocenters. The maximum atomic E-state index is 11.4. The third kappa shape index (κ3) is 4.47. The van der Waals surface area contributed by atoms with Gasteiger partial charge in [-0.05, 0) is 27.7 Å². The van der Waals surface area contributed by atoms with E-state index in [9.17, 15) is 8.42 Å². The second-order valence-corrected chi connectivity index (χ2v) is 7.60. The maximum absolute atomic E-state index is 11.4. The van der Waals surface area contributed by atoms with Crippen molar-refractivity contribution in [2.24, 2.45) is 0 Å². The summed E-state index contributed by atoms with van der Waals surface area (Å²) >= 11 is 0. The van der Waals surface area contributed by atoms with E-state index >= 15 is 0 Å². The van der Waals surface area contributed by atoms with Crippen molar-refractivity contribution < 1.29 is 12.8 Å². The molecule has 0 bridgehead atoms. The Bertz CT molecular complexity index is 471. The summed E-state index contributed by atoms with van der Waals surface area (Å²) in [5.74, 6) is 0.892. The summed E-state index contributed by atoms with van der Waals surface area (Å²) in [5, 5.41) is 2.57. The Morgan fingerprint density at radius 3 is 2.53 bits per heavy atom. The Hall–Kier alpha value is -0.880. The van der Waals surface area contributed by atoms with Crippen molar-refractivity contribution in [3.05, 3.63) is 17.8 Å². The Balaban J connectivity index is 2.73. The molecule has 0 amide bonds. The van der Waals surface area contributed by atoms with E-state index in [2.05, 4.69) is 10.3 Å². The number of oxazole rings is 1. The van der Waals surface area contributed by atoms with Gasteiger partial charge in [0.25, 0.3) is 0 Å². The van der Waals surface area contributed by atoms with Crippen LogP contribution in [0.5, 0.6) is 0 Å². The molecule has 0 spiro atoms. The van der Waals surface area contributed by atoms with Crippen molar-refractivity contribution in [2.45, 2.75) is 45.0 Å². The van der Waals surface area contributed by atoms with Gasteiger partial charge in [-0.1, -0.05) is 0 Å². The molecule has 6 heteroatoms. The summed E-state index contributed by atoms with van der Waals surface area (Å²) in [6.07, 6.45) is 2.67. The number of nitrogens with zero attached hydrogens (tertiary/aromatic N) is 1. The molecular formula is C11H20N2O3S. The van der Waals surface area contributed by atoms with Crippen LogP contribution in [-0.4, -0.2) is 25.2 Å². The van der Waals surface area contributed by atoms with Crippen LogP contribution in [0.1, 0.15) is 44.6 Å². The summed E-state index contributed by atoms with van der Waals surface area (Å²) in [7, 11) is -3.14. The lowest BCUT2D eigenvalue weighted by atomic mass is 10.1. The van der Waals surface area contributed by atoms with Gasteiger partial charge >= 0.3 is 0 Å². The van der Waals surface area contributed by atoms with E-state index < -0.39 is 15.1 Å². The Morgan fingerprint density at radius 1 is 1.47 bits per heavy atom. The van der Waals surface area contributed by atoms with E-state index in [1.165, 1.54) is 12.5 Å². The van der Waals surface area contributed by atoms with Crippen molar-refractivity contribution in [1.82, 2.24) is 10.3 Å². The predicted molar refractivity (Wildman–Crippen MR) is 66.4 cm³/mol. The molecule has 5 nitrogen and oxygen atoms in total. The fourth-order valence-corrected chi connectivity index (χ4v) is 1.68. The number of hydrogen-bond donors (Lipinski definition) is 1. The van der Waals surface area contributed by atoms with E-state index in [-0.39, 0.29) is 5.54 Å². The molecule has 1 aromatic heterocycles. The second-order valence-electron chi connectivity index (χ2n) is 5.23. The van der Waals surface area contributed by atoms with Crippen molar-refractivity contribution in [1.29, 1.82) is 0 Å². The van der Waals surface area contributed by atoms with Gasteiger partial charge in [-0.3, -0.25) is 0 Å². The van der Waals surface area contributed by atoms with Crippen LogP contribution >= 0.6 is 0 Å². The summed E-state index contributed by atoms with van der Waals surface area (Å²) in [5.41, 5.74) is -0.0307. The fraction of sp³-hybridized carbons (Fsp3) is 0.727. The number of rotatable bonds is 4. The predicted octanol–water partition coefficient (Wildman–Crippen LogP) is 1.67. The van der Waals surface area contributed by atoms with Crippen molar-refractivity contribution in [3.63, 3.8) is 0 Å². The van der Waals surface area contributed by atoms with Crippen molar-refractivity contribution in [2.75, 3.05) is 6.26 Å². The van der Waals surface area contributed by atoms with Crippen molar-refractivity contribution in [3.8, 4) is 0 Å². The normalized spacial score (nSPS) is 14.9. The molecule has 0 saturated carbocycles. The van der Waals surface area contributed by atoms with Crippen molar-refractivity contribution >= 4 is 9.84 Å². The lowest BCUT2D eigenvalue weighted by Crippen LogP contribution is -2.35. The summed E-state index contributed by atoms with van der Waals surface area (Å²) < 4.78 is 28.1.